The molecule has 0 unspecified atom stereocenters. The van der Waals surface area contributed by atoms with Gasteiger partial charge in [-0.3, -0.25) is 4.79 Å². The third kappa shape index (κ3) is 4.79. The minimum absolute atomic E-state index is 0.0440. The molecule has 0 aliphatic carbocycles. The van der Waals surface area contributed by atoms with E-state index in [0.717, 1.165) is 5.56 Å². The number of carbonyl (C=O) groups excluding carboxylic acids is 1. The van der Waals surface area contributed by atoms with Crippen LogP contribution in [-0.2, 0) is 6.54 Å². The Hall–Kier alpha value is -4.39. The molecule has 7 heteroatoms. The van der Waals surface area contributed by atoms with Gasteiger partial charge in [-0.15, -0.1) is 0 Å². The number of nitrogens with zero attached hydrogens (tertiary/aromatic N) is 2. The Morgan fingerprint density at radius 1 is 0.935 bits per heavy atom. The fourth-order valence-electron chi connectivity index (χ4n) is 2.98. The van der Waals surface area contributed by atoms with Gasteiger partial charge >= 0.3 is 0 Å². The first-order chi connectivity index (χ1) is 15.1. The number of aromatic carboxylic acids is 1. The Bertz CT molecular complexity index is 1240. The molecule has 1 heterocycles. The lowest BCUT2D eigenvalue weighted by molar-refractivity contribution is -0.255. The number of carboxylic acid groups (broad SMARTS) is 1. The number of rotatable bonds is 7. The van der Waals surface area contributed by atoms with Gasteiger partial charge in [-0.2, -0.15) is 5.10 Å². The Kier molecular flexibility index (Phi) is 5.75. The summed E-state index contributed by atoms with van der Waals surface area (Å²) in [5, 5.41) is 18.3. The third-order valence-electron chi connectivity index (χ3n) is 4.55. The summed E-state index contributed by atoms with van der Waals surface area (Å²) in [6, 6.07) is 24.5. The van der Waals surface area contributed by atoms with E-state index in [0.29, 0.717) is 18.0 Å². The highest BCUT2D eigenvalue weighted by Gasteiger charge is 2.15. The van der Waals surface area contributed by atoms with Crippen molar-refractivity contribution < 1.29 is 14.6 Å². The molecule has 7 nitrogen and oxygen atoms in total. The molecule has 0 aliphatic rings. The average Bonchev–Trinajstić information content (AvgIpc) is 2.80. The van der Waals surface area contributed by atoms with Gasteiger partial charge < -0.3 is 20.0 Å². The van der Waals surface area contributed by atoms with E-state index in [1.54, 1.807) is 24.3 Å². The van der Waals surface area contributed by atoms with Gasteiger partial charge in [-0.05, 0) is 35.4 Å². The normalized spacial score (nSPS) is 10.5. The van der Waals surface area contributed by atoms with Crippen molar-refractivity contribution in [1.29, 1.82) is 0 Å². The van der Waals surface area contributed by atoms with Crippen LogP contribution in [0.5, 0.6) is 11.5 Å². The van der Waals surface area contributed by atoms with Gasteiger partial charge in [0.25, 0.3) is 5.56 Å². The van der Waals surface area contributed by atoms with Crippen LogP contribution in [0.3, 0.4) is 0 Å². The predicted octanol–water partition coefficient (Wildman–Crippen LogP) is 3.19. The zero-order valence-corrected chi connectivity index (χ0v) is 16.4. The number of para-hydroxylation sites is 1. The van der Waals surface area contributed by atoms with Crippen molar-refractivity contribution in [2.45, 2.75) is 6.54 Å². The molecule has 4 rings (SSSR count). The maximum Gasteiger partial charge on any atom is 0.294 e. The number of ether oxygens (including phenoxy) is 1. The van der Waals surface area contributed by atoms with Crippen LogP contribution in [0, 0.1) is 0 Å². The number of nitrogens with one attached hydrogen (secondary N) is 1. The molecule has 0 saturated carbocycles. The van der Waals surface area contributed by atoms with E-state index in [4.69, 9.17) is 4.74 Å². The van der Waals surface area contributed by atoms with Crippen LogP contribution in [-0.4, -0.2) is 15.7 Å². The topological polar surface area (TPSA) is 96.3 Å². The standard InChI is InChI=1S/C24H19N3O4/c28-23-22(26-19-13-11-18(12-14-19)24(29)30)21(31-20-9-5-2-6-10-20)15-25-27(23)16-17-7-3-1-4-8-17/h1-15,26H,16H2,(H,29,30)/p-1. The lowest BCUT2D eigenvalue weighted by Crippen LogP contribution is -2.26. The van der Waals surface area contributed by atoms with Gasteiger partial charge in [0.2, 0.25) is 0 Å². The number of hydrogen-bond donors (Lipinski definition) is 1. The summed E-state index contributed by atoms with van der Waals surface area (Å²) in [5.41, 5.74) is 1.32. The second-order valence-corrected chi connectivity index (χ2v) is 6.74. The molecule has 31 heavy (non-hydrogen) atoms. The molecule has 0 atom stereocenters. The van der Waals surface area contributed by atoms with Crippen molar-refractivity contribution in [2.75, 3.05) is 5.32 Å². The Balaban J connectivity index is 1.71. The Morgan fingerprint density at radius 3 is 2.23 bits per heavy atom. The fraction of sp³-hybridized carbons (Fsp3) is 0.0417. The van der Waals surface area contributed by atoms with Crippen molar-refractivity contribution in [3.8, 4) is 11.5 Å². The zero-order chi connectivity index (χ0) is 21.6. The molecule has 154 valence electrons. The second-order valence-electron chi connectivity index (χ2n) is 6.74. The highest BCUT2D eigenvalue weighted by atomic mass is 16.5. The van der Waals surface area contributed by atoms with Gasteiger partial charge in [-0.1, -0.05) is 60.7 Å². The van der Waals surface area contributed by atoms with Crippen LogP contribution in [0.25, 0.3) is 0 Å². The molecular formula is C24H18N3O4-. The largest absolute Gasteiger partial charge is 0.545 e. The smallest absolute Gasteiger partial charge is 0.294 e. The van der Waals surface area contributed by atoms with Crippen LogP contribution in [0.4, 0.5) is 11.4 Å². The first-order valence-corrected chi connectivity index (χ1v) is 9.55. The maximum absolute atomic E-state index is 13.2. The summed E-state index contributed by atoms with van der Waals surface area (Å²) < 4.78 is 7.23. The Morgan fingerprint density at radius 2 is 1.58 bits per heavy atom. The first-order valence-electron chi connectivity index (χ1n) is 9.55. The lowest BCUT2D eigenvalue weighted by Gasteiger charge is -2.15. The Labute approximate surface area is 178 Å². The fourth-order valence-corrected chi connectivity index (χ4v) is 2.98. The van der Waals surface area contributed by atoms with Gasteiger partial charge in [-0.25, -0.2) is 4.68 Å². The van der Waals surface area contributed by atoms with Crippen molar-refractivity contribution in [2.24, 2.45) is 0 Å². The van der Waals surface area contributed by atoms with E-state index in [-0.39, 0.29) is 22.6 Å². The van der Waals surface area contributed by atoms with E-state index >= 15 is 0 Å². The number of hydrogen-bond acceptors (Lipinski definition) is 6. The molecule has 0 radical (unpaired) electrons. The van der Waals surface area contributed by atoms with Crippen LogP contribution in [0.15, 0.2) is 95.9 Å². The van der Waals surface area contributed by atoms with Crippen molar-refractivity contribution >= 4 is 17.3 Å². The molecular weight excluding hydrogens is 394 g/mol. The summed E-state index contributed by atoms with van der Waals surface area (Å²) in [6.07, 6.45) is 1.48. The number of aromatic nitrogens is 2. The molecule has 3 aromatic carbocycles. The minimum Gasteiger partial charge on any atom is -0.545 e. The van der Waals surface area contributed by atoms with Crippen LogP contribution in [0.1, 0.15) is 15.9 Å². The molecule has 1 aromatic heterocycles. The number of benzene rings is 3. The molecule has 0 bridgehead atoms. The van der Waals surface area contributed by atoms with Crippen LogP contribution in [0.2, 0.25) is 0 Å². The summed E-state index contributed by atoms with van der Waals surface area (Å²) in [5.74, 6) is -0.460. The molecule has 0 aliphatic heterocycles. The minimum atomic E-state index is -1.27. The lowest BCUT2D eigenvalue weighted by atomic mass is 10.2. The monoisotopic (exact) mass is 412 g/mol. The van der Waals surface area contributed by atoms with Gasteiger partial charge in [0.15, 0.2) is 11.4 Å². The molecule has 1 N–H and O–H groups in total. The third-order valence-corrected chi connectivity index (χ3v) is 4.55. The molecule has 0 fully saturated rings. The number of carboxylic acids is 1. The highest BCUT2D eigenvalue weighted by Crippen LogP contribution is 2.28. The van der Waals surface area contributed by atoms with Crippen molar-refractivity contribution in [1.82, 2.24) is 9.78 Å². The number of anilines is 2. The summed E-state index contributed by atoms with van der Waals surface area (Å²) in [7, 11) is 0. The van der Waals surface area contributed by atoms with Gasteiger partial charge in [0.1, 0.15) is 5.75 Å². The maximum atomic E-state index is 13.2. The molecule has 0 amide bonds. The molecule has 0 spiro atoms. The molecule has 4 aromatic rings. The summed E-state index contributed by atoms with van der Waals surface area (Å²) in [6.45, 7) is 0.295. The van der Waals surface area contributed by atoms with Crippen molar-refractivity contribution in [3.05, 3.63) is 113 Å². The average molecular weight is 412 g/mol. The van der Waals surface area contributed by atoms with E-state index < -0.39 is 5.97 Å². The molecule has 0 saturated heterocycles. The van der Waals surface area contributed by atoms with E-state index in [2.05, 4.69) is 10.4 Å². The predicted molar refractivity (Wildman–Crippen MR) is 115 cm³/mol. The zero-order valence-electron chi connectivity index (χ0n) is 16.4. The summed E-state index contributed by atoms with van der Waals surface area (Å²) in [4.78, 5) is 24.2. The van der Waals surface area contributed by atoms with Crippen LogP contribution >= 0.6 is 0 Å². The van der Waals surface area contributed by atoms with E-state index in [1.807, 2.05) is 48.5 Å². The van der Waals surface area contributed by atoms with Gasteiger partial charge in [0, 0.05) is 5.69 Å². The van der Waals surface area contributed by atoms with Crippen LogP contribution < -0.4 is 20.7 Å². The van der Waals surface area contributed by atoms with Gasteiger partial charge in [0.05, 0.1) is 18.7 Å². The quantitative estimate of drug-likeness (QED) is 0.501. The SMILES string of the molecule is O=C([O-])c1ccc(Nc2c(Oc3ccccc3)cnn(Cc3ccccc3)c2=O)cc1. The highest BCUT2D eigenvalue weighted by molar-refractivity contribution is 5.86. The van der Waals surface area contributed by atoms with E-state index in [9.17, 15) is 14.7 Å². The summed E-state index contributed by atoms with van der Waals surface area (Å²) >= 11 is 0. The first kappa shape index (κ1) is 19.9. The number of carbonyl (C=O) groups is 1. The van der Waals surface area contributed by atoms with Crippen molar-refractivity contribution in [3.63, 3.8) is 0 Å². The second kappa shape index (κ2) is 8.96. The van der Waals surface area contributed by atoms with E-state index in [1.165, 1.54) is 23.0 Å².